The van der Waals surface area contributed by atoms with Crippen molar-refractivity contribution in [2.45, 2.75) is 26.3 Å². The lowest BCUT2D eigenvalue weighted by Crippen LogP contribution is -2.45. The number of aliphatic carboxylic acids is 1. The Morgan fingerprint density at radius 1 is 1.35 bits per heavy atom. The highest BCUT2D eigenvalue weighted by Crippen LogP contribution is 2.28. The molecule has 2 atom stereocenters. The van der Waals surface area contributed by atoms with Crippen LogP contribution in [0.25, 0.3) is 0 Å². The van der Waals surface area contributed by atoms with Gasteiger partial charge in [0.15, 0.2) is 0 Å². The zero-order valence-corrected chi connectivity index (χ0v) is 12.6. The average Bonchev–Trinajstić information content (AvgIpc) is 2.39. The summed E-state index contributed by atoms with van der Waals surface area (Å²) in [5.74, 6) is -1.84. The number of rotatable bonds is 5. The number of amides is 1. The quantitative estimate of drug-likeness (QED) is 0.728. The topological polar surface area (TPSA) is 92.4 Å². The minimum Gasteiger partial charge on any atom is -0.480 e. The Morgan fingerprint density at radius 3 is 2.25 bits per heavy atom. The van der Waals surface area contributed by atoms with E-state index < -0.39 is 17.9 Å². The summed E-state index contributed by atoms with van der Waals surface area (Å²) in [7, 11) is 0. The monoisotopic (exact) mass is 318 g/mol. The largest absolute Gasteiger partial charge is 0.480 e. The van der Waals surface area contributed by atoms with Gasteiger partial charge in [-0.25, -0.2) is 4.79 Å². The summed E-state index contributed by atoms with van der Waals surface area (Å²) in [4.78, 5) is 23.2. The average molecular weight is 319 g/mol. The summed E-state index contributed by atoms with van der Waals surface area (Å²) >= 11 is 11.7. The van der Waals surface area contributed by atoms with Gasteiger partial charge in [-0.3, -0.25) is 4.79 Å². The Labute approximate surface area is 127 Å². The predicted molar refractivity (Wildman–Crippen MR) is 79.2 cm³/mol. The molecular weight excluding hydrogens is 303 g/mol. The van der Waals surface area contributed by atoms with Crippen LogP contribution < -0.4 is 11.1 Å². The third kappa shape index (κ3) is 3.77. The van der Waals surface area contributed by atoms with Crippen molar-refractivity contribution in [2.24, 2.45) is 5.92 Å². The van der Waals surface area contributed by atoms with Crippen molar-refractivity contribution >= 4 is 40.8 Å². The van der Waals surface area contributed by atoms with E-state index in [1.165, 1.54) is 12.1 Å². The van der Waals surface area contributed by atoms with Crippen LogP contribution in [0.15, 0.2) is 12.1 Å². The highest BCUT2D eigenvalue weighted by molar-refractivity contribution is 6.39. The van der Waals surface area contributed by atoms with Gasteiger partial charge in [0, 0.05) is 5.56 Å². The number of nitrogens with one attached hydrogen (secondary N) is 1. The molecule has 0 bridgehead atoms. The second kappa shape index (κ2) is 6.81. The molecule has 0 aliphatic heterocycles. The fourth-order valence-corrected chi connectivity index (χ4v) is 2.11. The van der Waals surface area contributed by atoms with Crippen LogP contribution in [0.2, 0.25) is 10.0 Å². The van der Waals surface area contributed by atoms with Crippen LogP contribution in [0, 0.1) is 5.92 Å². The van der Waals surface area contributed by atoms with Crippen molar-refractivity contribution in [1.82, 2.24) is 5.32 Å². The molecule has 0 fully saturated rings. The maximum absolute atomic E-state index is 12.1. The highest BCUT2D eigenvalue weighted by Gasteiger charge is 2.26. The van der Waals surface area contributed by atoms with E-state index in [4.69, 9.17) is 34.0 Å². The van der Waals surface area contributed by atoms with Crippen molar-refractivity contribution in [3.63, 3.8) is 0 Å². The summed E-state index contributed by atoms with van der Waals surface area (Å²) in [5.41, 5.74) is 5.93. The molecule has 1 aromatic rings. The summed E-state index contributed by atoms with van der Waals surface area (Å²) in [6.07, 6.45) is 0.625. The van der Waals surface area contributed by atoms with Gasteiger partial charge in [0.1, 0.15) is 6.04 Å². The van der Waals surface area contributed by atoms with Crippen molar-refractivity contribution in [1.29, 1.82) is 0 Å². The molecule has 110 valence electrons. The van der Waals surface area contributed by atoms with E-state index in [0.29, 0.717) is 6.42 Å². The van der Waals surface area contributed by atoms with E-state index >= 15 is 0 Å². The van der Waals surface area contributed by atoms with E-state index in [2.05, 4.69) is 5.32 Å². The summed E-state index contributed by atoms with van der Waals surface area (Å²) in [6.45, 7) is 3.60. The number of hydrogen-bond acceptors (Lipinski definition) is 3. The molecule has 0 aromatic heterocycles. The van der Waals surface area contributed by atoms with E-state index in [1.54, 1.807) is 6.92 Å². The molecule has 2 unspecified atom stereocenters. The second-order valence-electron chi connectivity index (χ2n) is 4.53. The van der Waals surface area contributed by atoms with Gasteiger partial charge in [-0.1, -0.05) is 43.5 Å². The molecule has 0 radical (unpaired) electrons. The fraction of sp³-hybridized carbons (Fsp3) is 0.385. The van der Waals surface area contributed by atoms with Crippen molar-refractivity contribution in [3.05, 3.63) is 27.7 Å². The van der Waals surface area contributed by atoms with Gasteiger partial charge in [0.05, 0.1) is 15.7 Å². The van der Waals surface area contributed by atoms with Gasteiger partial charge < -0.3 is 16.2 Å². The van der Waals surface area contributed by atoms with Crippen LogP contribution in [0.5, 0.6) is 0 Å². The Bertz CT molecular complexity index is 511. The number of benzene rings is 1. The zero-order chi connectivity index (χ0) is 15.4. The molecule has 0 spiro atoms. The molecule has 4 N–H and O–H groups in total. The molecule has 1 rings (SSSR count). The maximum atomic E-state index is 12.1. The van der Waals surface area contributed by atoms with Crippen molar-refractivity contribution < 1.29 is 14.7 Å². The number of halogens is 2. The van der Waals surface area contributed by atoms with Crippen molar-refractivity contribution in [2.75, 3.05) is 5.73 Å². The standard InChI is InChI=1S/C13H16Cl2N2O3/c1-3-6(2)11(13(19)20)17-12(18)7-4-8(14)10(16)9(15)5-7/h4-6,11H,3,16H2,1-2H3,(H,17,18)(H,19,20). The lowest BCUT2D eigenvalue weighted by Gasteiger charge is -2.20. The molecule has 1 aromatic carbocycles. The molecule has 0 saturated heterocycles. The molecule has 0 aliphatic carbocycles. The number of carbonyl (C=O) groups is 2. The Kier molecular flexibility index (Phi) is 5.65. The lowest BCUT2D eigenvalue weighted by molar-refractivity contribution is -0.140. The molecule has 20 heavy (non-hydrogen) atoms. The number of nitrogen functional groups attached to an aromatic ring is 1. The first kappa shape index (κ1) is 16.6. The van der Waals surface area contributed by atoms with Gasteiger partial charge in [-0.05, 0) is 18.1 Å². The minimum absolute atomic E-state index is 0.151. The number of anilines is 1. The van der Waals surface area contributed by atoms with Gasteiger partial charge >= 0.3 is 5.97 Å². The number of carboxylic acids is 1. The SMILES string of the molecule is CCC(C)C(NC(=O)c1cc(Cl)c(N)c(Cl)c1)C(=O)O. The molecule has 1 amide bonds. The third-order valence-electron chi connectivity index (χ3n) is 3.11. The van der Waals surface area contributed by atoms with Gasteiger partial charge in [0.25, 0.3) is 5.91 Å². The van der Waals surface area contributed by atoms with Crippen LogP contribution in [0.3, 0.4) is 0 Å². The fourth-order valence-electron chi connectivity index (χ4n) is 1.62. The number of carboxylic acid groups (broad SMARTS) is 1. The van der Waals surface area contributed by atoms with E-state index in [0.717, 1.165) is 0 Å². The Hall–Kier alpha value is -1.46. The Morgan fingerprint density at radius 2 is 1.85 bits per heavy atom. The molecule has 5 nitrogen and oxygen atoms in total. The Balaban J connectivity index is 2.98. The predicted octanol–water partition coefficient (Wildman–Crippen LogP) is 2.80. The second-order valence-corrected chi connectivity index (χ2v) is 5.34. The first-order valence-corrected chi connectivity index (χ1v) is 6.81. The molecular formula is C13H16Cl2N2O3. The first-order valence-electron chi connectivity index (χ1n) is 6.06. The van der Waals surface area contributed by atoms with E-state index in [1.807, 2.05) is 6.92 Å². The smallest absolute Gasteiger partial charge is 0.326 e. The number of hydrogen-bond donors (Lipinski definition) is 3. The van der Waals surface area contributed by atoms with Crippen LogP contribution >= 0.6 is 23.2 Å². The van der Waals surface area contributed by atoms with E-state index in [-0.39, 0.29) is 27.2 Å². The summed E-state index contributed by atoms with van der Waals surface area (Å²) in [5, 5.41) is 11.9. The molecule has 7 heteroatoms. The van der Waals surface area contributed by atoms with Crippen LogP contribution in [0.1, 0.15) is 30.6 Å². The molecule has 0 aliphatic rings. The van der Waals surface area contributed by atoms with Gasteiger partial charge in [-0.2, -0.15) is 0 Å². The summed E-state index contributed by atoms with van der Waals surface area (Å²) in [6, 6.07) is 1.74. The van der Waals surface area contributed by atoms with Crippen LogP contribution in [-0.2, 0) is 4.79 Å². The van der Waals surface area contributed by atoms with Crippen molar-refractivity contribution in [3.8, 4) is 0 Å². The molecule has 0 heterocycles. The van der Waals surface area contributed by atoms with Crippen LogP contribution in [-0.4, -0.2) is 23.0 Å². The number of nitrogens with two attached hydrogens (primary N) is 1. The minimum atomic E-state index is -1.08. The normalized spacial score (nSPS) is 13.6. The van der Waals surface area contributed by atoms with Gasteiger partial charge in [0.2, 0.25) is 0 Å². The summed E-state index contributed by atoms with van der Waals surface area (Å²) < 4.78 is 0. The third-order valence-corrected chi connectivity index (χ3v) is 3.73. The molecule has 0 saturated carbocycles. The van der Waals surface area contributed by atoms with Crippen LogP contribution in [0.4, 0.5) is 5.69 Å². The number of carbonyl (C=O) groups excluding carboxylic acids is 1. The highest BCUT2D eigenvalue weighted by atomic mass is 35.5. The zero-order valence-electron chi connectivity index (χ0n) is 11.1. The maximum Gasteiger partial charge on any atom is 0.326 e. The first-order chi connectivity index (χ1) is 9.27. The lowest BCUT2D eigenvalue weighted by atomic mass is 9.99. The van der Waals surface area contributed by atoms with Gasteiger partial charge in [-0.15, -0.1) is 0 Å². The van der Waals surface area contributed by atoms with E-state index in [9.17, 15) is 9.59 Å².